The quantitative estimate of drug-likeness (QED) is 0.821. The Kier molecular flexibility index (Phi) is 5.34. The number of carbonyl (C=O) groups excluding carboxylic acids is 2. The van der Waals surface area contributed by atoms with Crippen molar-refractivity contribution in [2.45, 2.75) is 51.0 Å². The van der Waals surface area contributed by atoms with Gasteiger partial charge < -0.3 is 15.5 Å². The summed E-state index contributed by atoms with van der Waals surface area (Å²) in [5.74, 6) is 1.51. The lowest BCUT2D eigenvalue weighted by Crippen LogP contribution is -2.48. The largest absolute Gasteiger partial charge is 0.368 e. The Bertz CT molecular complexity index is 985. The van der Waals surface area contributed by atoms with Crippen LogP contribution in [0.3, 0.4) is 0 Å². The topological polar surface area (TPSA) is 92.4 Å². The fourth-order valence-electron chi connectivity index (χ4n) is 5.29. The van der Waals surface area contributed by atoms with Crippen molar-refractivity contribution in [2.75, 3.05) is 24.5 Å². The molecule has 1 atom stereocenters. The van der Waals surface area contributed by atoms with Crippen LogP contribution in [-0.2, 0) is 22.4 Å². The molecule has 2 aromatic rings. The van der Waals surface area contributed by atoms with Crippen LogP contribution in [0.2, 0.25) is 0 Å². The molecular formula is C24H29N5O2. The van der Waals surface area contributed by atoms with Crippen LogP contribution in [0, 0.1) is 5.92 Å². The molecule has 3 heterocycles. The summed E-state index contributed by atoms with van der Waals surface area (Å²) in [4.78, 5) is 38.6. The normalized spacial score (nSPS) is 21.4. The van der Waals surface area contributed by atoms with Gasteiger partial charge in [-0.1, -0.05) is 30.3 Å². The second-order valence-electron chi connectivity index (χ2n) is 8.87. The molecule has 1 aliphatic carbocycles. The molecule has 7 nitrogen and oxygen atoms in total. The van der Waals surface area contributed by atoms with Crippen molar-refractivity contribution in [3.63, 3.8) is 0 Å². The van der Waals surface area contributed by atoms with Crippen molar-refractivity contribution in [3.8, 4) is 11.4 Å². The predicted octanol–water partition coefficient (Wildman–Crippen LogP) is 2.32. The van der Waals surface area contributed by atoms with Gasteiger partial charge >= 0.3 is 0 Å². The van der Waals surface area contributed by atoms with Crippen molar-refractivity contribution in [2.24, 2.45) is 11.7 Å². The van der Waals surface area contributed by atoms with E-state index < -0.39 is 6.04 Å². The van der Waals surface area contributed by atoms with Crippen LogP contribution < -0.4 is 10.6 Å². The minimum atomic E-state index is -0.427. The fourth-order valence-corrected chi connectivity index (χ4v) is 5.29. The maximum absolute atomic E-state index is 13.1. The van der Waals surface area contributed by atoms with Gasteiger partial charge in [-0.05, 0) is 44.9 Å². The third-order valence-corrected chi connectivity index (χ3v) is 6.95. The molecule has 2 fully saturated rings. The summed E-state index contributed by atoms with van der Waals surface area (Å²) in [7, 11) is 0. The van der Waals surface area contributed by atoms with E-state index in [1.807, 2.05) is 18.2 Å². The lowest BCUT2D eigenvalue weighted by molar-refractivity contribution is -0.141. The van der Waals surface area contributed by atoms with Crippen LogP contribution in [0.1, 0.15) is 43.4 Å². The van der Waals surface area contributed by atoms with Gasteiger partial charge in [0.15, 0.2) is 5.82 Å². The molecule has 2 saturated heterocycles. The first-order valence-corrected chi connectivity index (χ1v) is 11.4. The first-order valence-electron chi connectivity index (χ1n) is 11.4. The number of fused-ring (bicyclic) bond motifs is 1. The van der Waals surface area contributed by atoms with Crippen LogP contribution in [0.25, 0.3) is 11.4 Å². The second-order valence-corrected chi connectivity index (χ2v) is 8.87. The number of aromatic nitrogens is 2. The second kappa shape index (κ2) is 8.29. The van der Waals surface area contributed by atoms with Crippen molar-refractivity contribution in [1.82, 2.24) is 14.9 Å². The molecule has 1 aromatic carbocycles. The standard InChI is InChI=1S/C24H29N5O2/c25-21(30)20-10-5-13-29(20)24(31)17-11-14-28(15-12-17)23-18-8-4-9-19(18)26-22(27-23)16-6-2-1-3-7-16/h1-3,6-7,17,20H,4-5,8-15H2,(H2,25,30)/t20-/m0/s1. The number of hydrogen-bond acceptors (Lipinski definition) is 5. The lowest BCUT2D eigenvalue weighted by atomic mass is 9.94. The number of nitrogens with two attached hydrogens (primary N) is 1. The zero-order chi connectivity index (χ0) is 21.4. The van der Waals surface area contributed by atoms with E-state index in [0.29, 0.717) is 13.0 Å². The summed E-state index contributed by atoms with van der Waals surface area (Å²) in [6.07, 6.45) is 6.24. The van der Waals surface area contributed by atoms with Crippen LogP contribution in [0.15, 0.2) is 30.3 Å². The van der Waals surface area contributed by atoms with Gasteiger partial charge in [0.25, 0.3) is 0 Å². The Morgan fingerprint density at radius 3 is 2.45 bits per heavy atom. The van der Waals surface area contributed by atoms with Gasteiger partial charge in [-0.2, -0.15) is 0 Å². The smallest absolute Gasteiger partial charge is 0.240 e. The number of aryl methyl sites for hydroxylation is 1. The van der Waals surface area contributed by atoms with E-state index in [-0.39, 0.29) is 17.7 Å². The summed E-state index contributed by atoms with van der Waals surface area (Å²) in [6.45, 7) is 2.23. The molecule has 5 rings (SSSR count). The van der Waals surface area contributed by atoms with Crippen LogP contribution in [-0.4, -0.2) is 52.4 Å². The van der Waals surface area contributed by atoms with Gasteiger partial charge in [0.1, 0.15) is 11.9 Å². The molecule has 0 spiro atoms. The highest BCUT2D eigenvalue weighted by molar-refractivity contribution is 5.88. The summed E-state index contributed by atoms with van der Waals surface area (Å²) in [5.41, 5.74) is 9.00. The number of primary amides is 1. The van der Waals surface area contributed by atoms with E-state index in [1.54, 1.807) is 4.90 Å². The van der Waals surface area contributed by atoms with E-state index in [2.05, 4.69) is 17.0 Å². The number of anilines is 1. The maximum Gasteiger partial charge on any atom is 0.240 e. The van der Waals surface area contributed by atoms with Crippen LogP contribution in [0.4, 0.5) is 5.82 Å². The van der Waals surface area contributed by atoms with E-state index in [1.165, 1.54) is 11.3 Å². The Morgan fingerprint density at radius 1 is 0.935 bits per heavy atom. The number of hydrogen-bond donors (Lipinski definition) is 1. The van der Waals surface area contributed by atoms with Gasteiger partial charge in [-0.25, -0.2) is 9.97 Å². The SMILES string of the molecule is NC(=O)[C@@H]1CCCN1C(=O)C1CCN(c2nc(-c3ccccc3)nc3c2CCC3)CC1. The average Bonchev–Trinajstić information content (AvgIpc) is 3.48. The summed E-state index contributed by atoms with van der Waals surface area (Å²) in [6, 6.07) is 9.71. The van der Waals surface area contributed by atoms with Crippen molar-refractivity contribution in [3.05, 3.63) is 41.6 Å². The third-order valence-electron chi connectivity index (χ3n) is 6.95. The van der Waals surface area contributed by atoms with Crippen molar-refractivity contribution >= 4 is 17.6 Å². The van der Waals surface area contributed by atoms with E-state index in [0.717, 1.165) is 68.8 Å². The first-order chi connectivity index (χ1) is 15.1. The number of nitrogens with zero attached hydrogens (tertiary/aromatic N) is 4. The van der Waals surface area contributed by atoms with E-state index in [9.17, 15) is 9.59 Å². The minimum absolute atomic E-state index is 0.0420. The number of likely N-dealkylation sites (tertiary alicyclic amines) is 1. The summed E-state index contributed by atoms with van der Waals surface area (Å²) in [5, 5.41) is 0. The average molecular weight is 420 g/mol. The Balaban J connectivity index is 1.33. The van der Waals surface area contributed by atoms with E-state index in [4.69, 9.17) is 15.7 Å². The molecule has 7 heteroatoms. The maximum atomic E-state index is 13.1. The van der Waals surface area contributed by atoms with Gasteiger partial charge in [-0.3, -0.25) is 9.59 Å². The molecule has 3 aliphatic rings. The number of carbonyl (C=O) groups is 2. The monoisotopic (exact) mass is 419 g/mol. The highest BCUT2D eigenvalue weighted by Gasteiger charge is 2.37. The molecule has 0 radical (unpaired) electrons. The van der Waals surface area contributed by atoms with Gasteiger partial charge in [0.2, 0.25) is 11.8 Å². The highest BCUT2D eigenvalue weighted by Crippen LogP contribution is 2.34. The molecule has 0 bridgehead atoms. The third kappa shape index (κ3) is 3.77. The zero-order valence-corrected chi connectivity index (χ0v) is 17.8. The van der Waals surface area contributed by atoms with Crippen molar-refractivity contribution < 1.29 is 9.59 Å². The molecule has 31 heavy (non-hydrogen) atoms. The Morgan fingerprint density at radius 2 is 1.71 bits per heavy atom. The highest BCUT2D eigenvalue weighted by atomic mass is 16.2. The van der Waals surface area contributed by atoms with E-state index >= 15 is 0 Å². The van der Waals surface area contributed by atoms with Gasteiger partial charge in [-0.15, -0.1) is 0 Å². The number of benzene rings is 1. The molecule has 162 valence electrons. The fraction of sp³-hybridized carbons (Fsp3) is 0.500. The summed E-state index contributed by atoms with van der Waals surface area (Å²) >= 11 is 0. The Hall–Kier alpha value is -2.96. The van der Waals surface area contributed by atoms with Gasteiger partial charge in [0.05, 0.1) is 0 Å². The lowest BCUT2D eigenvalue weighted by Gasteiger charge is -2.35. The van der Waals surface area contributed by atoms with Crippen molar-refractivity contribution in [1.29, 1.82) is 0 Å². The predicted molar refractivity (Wildman–Crippen MR) is 118 cm³/mol. The molecule has 2 aliphatic heterocycles. The number of piperidine rings is 1. The number of amides is 2. The molecular weight excluding hydrogens is 390 g/mol. The molecule has 1 aromatic heterocycles. The molecule has 0 unspecified atom stereocenters. The minimum Gasteiger partial charge on any atom is -0.368 e. The number of rotatable bonds is 4. The van der Waals surface area contributed by atoms with Gasteiger partial charge in [0, 0.05) is 42.4 Å². The zero-order valence-electron chi connectivity index (χ0n) is 17.8. The van der Waals surface area contributed by atoms with Crippen LogP contribution in [0.5, 0.6) is 0 Å². The molecule has 0 saturated carbocycles. The summed E-state index contributed by atoms with van der Waals surface area (Å²) < 4.78 is 0. The molecule has 2 N–H and O–H groups in total. The first kappa shape index (κ1) is 20.0. The molecule has 2 amide bonds. The Labute approximate surface area is 182 Å². The van der Waals surface area contributed by atoms with Crippen LogP contribution >= 0.6 is 0 Å².